The van der Waals surface area contributed by atoms with E-state index >= 15 is 0 Å². The molecule has 0 fully saturated rings. The SMILES string of the molecule is CC(=O)C(C)n1c(COc2ccc(Cl)cc2Cl)nc2ccccc21. The summed E-state index contributed by atoms with van der Waals surface area (Å²) in [6, 6.07) is 12.4. The predicted octanol–water partition coefficient (Wildman–Crippen LogP) is 5.07. The van der Waals surface area contributed by atoms with Crippen LogP contribution in [-0.2, 0) is 11.4 Å². The van der Waals surface area contributed by atoms with E-state index in [0.717, 1.165) is 11.0 Å². The maximum atomic E-state index is 11.9. The summed E-state index contributed by atoms with van der Waals surface area (Å²) in [7, 11) is 0. The summed E-state index contributed by atoms with van der Waals surface area (Å²) < 4.78 is 7.70. The van der Waals surface area contributed by atoms with Crippen LogP contribution in [0.5, 0.6) is 5.75 Å². The maximum Gasteiger partial charge on any atom is 0.152 e. The molecule has 0 radical (unpaired) electrons. The van der Waals surface area contributed by atoms with Gasteiger partial charge in [0, 0.05) is 5.02 Å². The molecule has 0 spiro atoms. The third-order valence-electron chi connectivity index (χ3n) is 3.90. The Morgan fingerprint density at radius 2 is 2.00 bits per heavy atom. The highest BCUT2D eigenvalue weighted by atomic mass is 35.5. The number of rotatable bonds is 5. The molecule has 1 atom stereocenters. The van der Waals surface area contributed by atoms with Gasteiger partial charge in [-0.05, 0) is 44.2 Å². The topological polar surface area (TPSA) is 44.1 Å². The smallest absolute Gasteiger partial charge is 0.152 e. The molecule has 0 N–H and O–H groups in total. The Bertz CT molecular complexity index is 905. The molecule has 0 aliphatic heterocycles. The molecule has 0 aliphatic carbocycles. The number of hydrogen-bond donors (Lipinski definition) is 0. The van der Waals surface area contributed by atoms with Crippen molar-refractivity contribution in [1.82, 2.24) is 9.55 Å². The van der Waals surface area contributed by atoms with Crippen molar-refractivity contribution in [3.8, 4) is 5.75 Å². The largest absolute Gasteiger partial charge is 0.484 e. The van der Waals surface area contributed by atoms with E-state index in [0.29, 0.717) is 21.6 Å². The van der Waals surface area contributed by atoms with Crippen LogP contribution in [0.4, 0.5) is 0 Å². The van der Waals surface area contributed by atoms with Gasteiger partial charge in [-0.25, -0.2) is 4.98 Å². The summed E-state index contributed by atoms with van der Waals surface area (Å²) in [5.41, 5.74) is 1.73. The molecule has 6 heteroatoms. The van der Waals surface area contributed by atoms with Crippen molar-refractivity contribution in [2.24, 2.45) is 0 Å². The third kappa shape index (κ3) is 3.25. The van der Waals surface area contributed by atoms with Gasteiger partial charge in [0.15, 0.2) is 5.78 Å². The van der Waals surface area contributed by atoms with Crippen LogP contribution in [0.15, 0.2) is 42.5 Å². The molecule has 3 rings (SSSR count). The fourth-order valence-corrected chi connectivity index (χ4v) is 3.01. The molecule has 24 heavy (non-hydrogen) atoms. The lowest BCUT2D eigenvalue weighted by Gasteiger charge is -2.15. The molecule has 0 bridgehead atoms. The summed E-state index contributed by atoms with van der Waals surface area (Å²) in [6.07, 6.45) is 0. The molecular weight excluding hydrogens is 347 g/mol. The first-order valence-electron chi connectivity index (χ1n) is 7.51. The highest BCUT2D eigenvalue weighted by Crippen LogP contribution is 2.29. The lowest BCUT2D eigenvalue weighted by molar-refractivity contribution is -0.119. The zero-order chi connectivity index (χ0) is 17.3. The Morgan fingerprint density at radius 1 is 1.25 bits per heavy atom. The standard InChI is InChI=1S/C18H16Cl2N2O2/c1-11(12(2)23)22-16-6-4-3-5-15(16)21-18(22)10-24-17-8-7-13(19)9-14(17)20/h3-9,11H,10H2,1-2H3. The second-order valence-electron chi connectivity index (χ2n) is 5.54. The normalized spacial score (nSPS) is 12.3. The first-order chi connectivity index (χ1) is 11.5. The van der Waals surface area contributed by atoms with Gasteiger partial charge < -0.3 is 9.30 Å². The molecule has 0 amide bonds. The van der Waals surface area contributed by atoms with E-state index in [1.165, 1.54) is 0 Å². The minimum absolute atomic E-state index is 0.0592. The number of hydrogen-bond acceptors (Lipinski definition) is 3. The van der Waals surface area contributed by atoms with Crippen LogP contribution in [0, 0.1) is 0 Å². The van der Waals surface area contributed by atoms with Gasteiger partial charge in [-0.15, -0.1) is 0 Å². The number of Topliss-reactive ketones (excluding diaryl/α,β-unsaturated/α-hetero) is 1. The van der Waals surface area contributed by atoms with Crippen molar-refractivity contribution in [3.63, 3.8) is 0 Å². The number of benzene rings is 2. The van der Waals surface area contributed by atoms with Crippen LogP contribution in [0.3, 0.4) is 0 Å². The molecule has 4 nitrogen and oxygen atoms in total. The van der Waals surface area contributed by atoms with Gasteiger partial charge in [-0.2, -0.15) is 0 Å². The Balaban J connectivity index is 1.96. The van der Waals surface area contributed by atoms with Crippen LogP contribution in [0.25, 0.3) is 11.0 Å². The van der Waals surface area contributed by atoms with Gasteiger partial charge in [-0.3, -0.25) is 4.79 Å². The summed E-state index contributed by atoms with van der Waals surface area (Å²) in [5.74, 6) is 1.25. The minimum atomic E-state index is -0.323. The Kier molecular flexibility index (Phi) is 4.78. The van der Waals surface area contributed by atoms with Crippen molar-refractivity contribution < 1.29 is 9.53 Å². The van der Waals surface area contributed by atoms with Crippen molar-refractivity contribution >= 4 is 40.0 Å². The number of fused-ring (bicyclic) bond motifs is 1. The lowest BCUT2D eigenvalue weighted by Crippen LogP contribution is -2.17. The lowest BCUT2D eigenvalue weighted by atomic mass is 10.2. The van der Waals surface area contributed by atoms with E-state index in [1.807, 2.05) is 35.8 Å². The number of imidazole rings is 1. The first-order valence-corrected chi connectivity index (χ1v) is 8.27. The number of ether oxygens (including phenoxy) is 1. The number of aromatic nitrogens is 2. The molecule has 1 heterocycles. The van der Waals surface area contributed by atoms with Crippen molar-refractivity contribution in [1.29, 1.82) is 0 Å². The van der Waals surface area contributed by atoms with Crippen molar-refractivity contribution in [2.75, 3.05) is 0 Å². The summed E-state index contributed by atoms with van der Waals surface area (Å²) in [5, 5.41) is 0.981. The second kappa shape index (κ2) is 6.83. The average Bonchev–Trinajstić information content (AvgIpc) is 2.91. The molecule has 1 aromatic heterocycles. The molecule has 1 unspecified atom stereocenters. The van der Waals surface area contributed by atoms with E-state index in [1.54, 1.807) is 25.1 Å². The number of carbonyl (C=O) groups is 1. The highest BCUT2D eigenvalue weighted by Gasteiger charge is 2.19. The molecule has 3 aromatic rings. The molecule has 2 aromatic carbocycles. The van der Waals surface area contributed by atoms with E-state index in [9.17, 15) is 4.79 Å². The molecule has 0 saturated heterocycles. The second-order valence-corrected chi connectivity index (χ2v) is 6.38. The van der Waals surface area contributed by atoms with Gasteiger partial charge in [0.1, 0.15) is 18.2 Å². The maximum absolute atomic E-state index is 11.9. The van der Waals surface area contributed by atoms with Gasteiger partial charge in [-0.1, -0.05) is 35.3 Å². The number of ketones is 1. The summed E-state index contributed by atoms with van der Waals surface area (Å²) >= 11 is 12.0. The Morgan fingerprint density at radius 3 is 2.71 bits per heavy atom. The summed E-state index contributed by atoms with van der Waals surface area (Å²) in [6.45, 7) is 3.63. The fraction of sp³-hybridized carbons (Fsp3) is 0.222. The molecule has 0 aliphatic rings. The van der Waals surface area contributed by atoms with Crippen LogP contribution < -0.4 is 4.74 Å². The molecular formula is C18H16Cl2N2O2. The zero-order valence-corrected chi connectivity index (χ0v) is 14.8. The van der Waals surface area contributed by atoms with Crippen molar-refractivity contribution in [3.05, 3.63) is 58.3 Å². The Labute approximate surface area is 150 Å². The minimum Gasteiger partial charge on any atom is -0.484 e. The van der Waals surface area contributed by atoms with Crippen LogP contribution >= 0.6 is 23.2 Å². The van der Waals surface area contributed by atoms with Gasteiger partial charge in [0.25, 0.3) is 0 Å². The highest BCUT2D eigenvalue weighted by molar-refractivity contribution is 6.35. The predicted molar refractivity (Wildman–Crippen MR) is 95.9 cm³/mol. The first kappa shape index (κ1) is 16.8. The average molecular weight is 363 g/mol. The van der Waals surface area contributed by atoms with E-state index < -0.39 is 0 Å². The van der Waals surface area contributed by atoms with Crippen LogP contribution in [0.1, 0.15) is 25.7 Å². The zero-order valence-electron chi connectivity index (χ0n) is 13.3. The number of halogens is 2. The molecule has 124 valence electrons. The quantitative estimate of drug-likeness (QED) is 0.636. The molecule has 0 saturated carbocycles. The van der Waals surface area contributed by atoms with E-state index in [-0.39, 0.29) is 18.4 Å². The van der Waals surface area contributed by atoms with Crippen molar-refractivity contribution in [2.45, 2.75) is 26.5 Å². The number of carbonyl (C=O) groups excluding carboxylic acids is 1. The van der Waals surface area contributed by atoms with Crippen LogP contribution in [-0.4, -0.2) is 15.3 Å². The monoisotopic (exact) mass is 362 g/mol. The van der Waals surface area contributed by atoms with Gasteiger partial charge in [0.2, 0.25) is 0 Å². The summed E-state index contributed by atoms with van der Waals surface area (Å²) in [4.78, 5) is 16.5. The van der Waals surface area contributed by atoms with Gasteiger partial charge in [0.05, 0.1) is 22.1 Å². The number of nitrogens with zero attached hydrogens (tertiary/aromatic N) is 2. The Hall–Kier alpha value is -2.04. The third-order valence-corrected chi connectivity index (χ3v) is 4.43. The number of para-hydroxylation sites is 2. The van der Waals surface area contributed by atoms with E-state index in [4.69, 9.17) is 27.9 Å². The van der Waals surface area contributed by atoms with E-state index in [2.05, 4.69) is 4.98 Å². The van der Waals surface area contributed by atoms with Gasteiger partial charge >= 0.3 is 0 Å². The fourth-order valence-electron chi connectivity index (χ4n) is 2.54. The van der Waals surface area contributed by atoms with Crippen LogP contribution in [0.2, 0.25) is 10.0 Å².